The number of ether oxygens (including phenoxy) is 2. The Balaban J connectivity index is 1.81. The smallest absolute Gasteiger partial charge is 0.343 e. The van der Waals surface area contributed by atoms with E-state index in [0.717, 1.165) is 12.8 Å². The zero-order chi connectivity index (χ0) is 23.2. The molecule has 0 fully saturated rings. The van der Waals surface area contributed by atoms with E-state index in [1.54, 1.807) is 42.5 Å². The standard InChI is InChI=1S/C25H31ClN2O4/c1-3-4-5-6-7-8-9-10-24(29)28-27-18-19-11-16-22(23(17-19)31-2)32-25(30)20-12-14-21(26)15-13-20/h11-18H,3-10H2,1-2H3,(H,28,29). The van der Waals surface area contributed by atoms with Gasteiger partial charge in [0.25, 0.3) is 0 Å². The molecule has 6 nitrogen and oxygen atoms in total. The molecule has 2 aromatic carbocycles. The minimum absolute atomic E-state index is 0.102. The Kier molecular flexibility index (Phi) is 11.3. The molecule has 0 heterocycles. The summed E-state index contributed by atoms with van der Waals surface area (Å²) in [7, 11) is 1.49. The third-order valence-corrected chi connectivity index (χ3v) is 5.13. The van der Waals surface area contributed by atoms with Crippen LogP contribution in [0.5, 0.6) is 11.5 Å². The van der Waals surface area contributed by atoms with Crippen LogP contribution in [0.4, 0.5) is 0 Å². The highest BCUT2D eigenvalue weighted by Gasteiger charge is 2.13. The lowest BCUT2D eigenvalue weighted by atomic mass is 10.1. The molecular formula is C25H31ClN2O4. The van der Waals surface area contributed by atoms with Gasteiger partial charge < -0.3 is 9.47 Å². The number of amides is 1. The van der Waals surface area contributed by atoms with Gasteiger partial charge in [-0.1, -0.05) is 57.0 Å². The largest absolute Gasteiger partial charge is 0.493 e. The molecule has 0 radical (unpaired) electrons. The number of halogens is 1. The van der Waals surface area contributed by atoms with Crippen LogP contribution in [0.1, 0.15) is 74.2 Å². The second kappa shape index (κ2) is 14.2. The van der Waals surface area contributed by atoms with Gasteiger partial charge in [-0.3, -0.25) is 4.79 Å². The van der Waals surface area contributed by atoms with Crippen molar-refractivity contribution < 1.29 is 19.1 Å². The number of nitrogens with zero attached hydrogens (tertiary/aromatic N) is 1. The first kappa shape index (κ1) is 25.4. The Morgan fingerprint density at radius 2 is 1.66 bits per heavy atom. The third-order valence-electron chi connectivity index (χ3n) is 4.88. The lowest BCUT2D eigenvalue weighted by molar-refractivity contribution is -0.121. The number of carbonyl (C=O) groups is 2. The second-order valence-electron chi connectivity index (χ2n) is 7.47. The topological polar surface area (TPSA) is 77.0 Å². The van der Waals surface area contributed by atoms with Gasteiger partial charge in [-0.2, -0.15) is 5.10 Å². The molecule has 32 heavy (non-hydrogen) atoms. The van der Waals surface area contributed by atoms with Crippen LogP contribution in [-0.2, 0) is 4.79 Å². The zero-order valence-corrected chi connectivity index (χ0v) is 19.5. The first-order chi connectivity index (χ1) is 15.5. The Morgan fingerprint density at radius 1 is 0.969 bits per heavy atom. The minimum atomic E-state index is -0.515. The van der Waals surface area contributed by atoms with Crippen molar-refractivity contribution in [1.82, 2.24) is 5.43 Å². The van der Waals surface area contributed by atoms with E-state index in [1.165, 1.54) is 45.4 Å². The Hall–Kier alpha value is -2.86. The molecule has 0 atom stereocenters. The summed E-state index contributed by atoms with van der Waals surface area (Å²) in [6.45, 7) is 2.20. The van der Waals surface area contributed by atoms with Gasteiger partial charge in [-0.05, 0) is 54.4 Å². The first-order valence-electron chi connectivity index (χ1n) is 11.0. The van der Waals surface area contributed by atoms with Gasteiger partial charge in [0.15, 0.2) is 11.5 Å². The monoisotopic (exact) mass is 458 g/mol. The molecule has 0 unspecified atom stereocenters. The fourth-order valence-corrected chi connectivity index (χ4v) is 3.20. The highest BCUT2D eigenvalue weighted by atomic mass is 35.5. The molecule has 2 aromatic rings. The number of benzene rings is 2. The summed E-state index contributed by atoms with van der Waals surface area (Å²) in [6.07, 6.45) is 10.1. The lowest BCUT2D eigenvalue weighted by Gasteiger charge is -2.10. The van der Waals surface area contributed by atoms with Crippen molar-refractivity contribution in [1.29, 1.82) is 0 Å². The first-order valence-corrected chi connectivity index (χ1v) is 11.4. The van der Waals surface area contributed by atoms with Crippen molar-refractivity contribution in [3.8, 4) is 11.5 Å². The number of hydrogen-bond acceptors (Lipinski definition) is 5. The third kappa shape index (κ3) is 9.10. The van der Waals surface area contributed by atoms with Gasteiger partial charge in [0.05, 0.1) is 18.9 Å². The Morgan fingerprint density at radius 3 is 2.34 bits per heavy atom. The average Bonchev–Trinajstić information content (AvgIpc) is 2.79. The lowest BCUT2D eigenvalue weighted by Crippen LogP contribution is -2.16. The Labute approximate surface area is 195 Å². The molecule has 172 valence electrons. The van der Waals surface area contributed by atoms with Crippen LogP contribution in [0.25, 0.3) is 0 Å². The number of hydrazone groups is 1. The molecule has 1 amide bonds. The zero-order valence-electron chi connectivity index (χ0n) is 18.7. The van der Waals surface area contributed by atoms with E-state index in [4.69, 9.17) is 21.1 Å². The number of esters is 1. The quantitative estimate of drug-likeness (QED) is 0.128. The molecule has 0 saturated carbocycles. The van der Waals surface area contributed by atoms with Gasteiger partial charge in [-0.15, -0.1) is 0 Å². The SMILES string of the molecule is CCCCCCCCCC(=O)NN=Cc1ccc(OC(=O)c2ccc(Cl)cc2)c(OC)c1. The van der Waals surface area contributed by atoms with E-state index in [-0.39, 0.29) is 11.7 Å². The fraction of sp³-hybridized carbons (Fsp3) is 0.400. The van der Waals surface area contributed by atoms with Crippen molar-refractivity contribution in [3.63, 3.8) is 0 Å². The predicted octanol–water partition coefficient (Wildman–Crippen LogP) is 6.16. The number of nitrogens with one attached hydrogen (secondary N) is 1. The van der Waals surface area contributed by atoms with E-state index < -0.39 is 5.97 Å². The predicted molar refractivity (Wildman–Crippen MR) is 128 cm³/mol. The van der Waals surface area contributed by atoms with Gasteiger partial charge in [0.1, 0.15) is 0 Å². The molecular weight excluding hydrogens is 428 g/mol. The van der Waals surface area contributed by atoms with Crippen LogP contribution in [0.3, 0.4) is 0 Å². The van der Waals surface area contributed by atoms with Crippen LogP contribution < -0.4 is 14.9 Å². The van der Waals surface area contributed by atoms with Crippen molar-refractivity contribution in [3.05, 3.63) is 58.6 Å². The molecule has 0 saturated heterocycles. The van der Waals surface area contributed by atoms with Crippen LogP contribution >= 0.6 is 11.6 Å². The van der Waals surface area contributed by atoms with E-state index in [2.05, 4.69) is 17.5 Å². The second-order valence-corrected chi connectivity index (χ2v) is 7.91. The maximum Gasteiger partial charge on any atom is 0.343 e. The highest BCUT2D eigenvalue weighted by molar-refractivity contribution is 6.30. The van der Waals surface area contributed by atoms with Gasteiger partial charge >= 0.3 is 5.97 Å². The summed E-state index contributed by atoms with van der Waals surface area (Å²) in [5.41, 5.74) is 3.63. The van der Waals surface area contributed by atoms with Gasteiger partial charge in [0.2, 0.25) is 5.91 Å². The van der Waals surface area contributed by atoms with Crippen molar-refractivity contribution in [2.45, 2.75) is 58.3 Å². The molecule has 0 aliphatic carbocycles. The summed E-state index contributed by atoms with van der Waals surface area (Å²) in [6, 6.07) is 11.4. The van der Waals surface area contributed by atoms with Crippen LogP contribution in [0.15, 0.2) is 47.6 Å². The molecule has 2 rings (SSSR count). The molecule has 0 bridgehead atoms. The molecule has 0 aromatic heterocycles. The number of methoxy groups -OCH3 is 1. The number of rotatable bonds is 13. The summed E-state index contributed by atoms with van der Waals surface area (Å²) >= 11 is 5.84. The van der Waals surface area contributed by atoms with Crippen LogP contribution in [-0.4, -0.2) is 25.2 Å². The Bertz CT molecular complexity index is 897. The minimum Gasteiger partial charge on any atom is -0.493 e. The van der Waals surface area contributed by atoms with E-state index in [0.29, 0.717) is 28.3 Å². The van der Waals surface area contributed by atoms with E-state index in [9.17, 15) is 9.59 Å². The summed E-state index contributed by atoms with van der Waals surface area (Å²) in [4.78, 5) is 24.2. The van der Waals surface area contributed by atoms with E-state index in [1.807, 2.05) is 0 Å². The van der Waals surface area contributed by atoms with Gasteiger partial charge in [0, 0.05) is 11.4 Å². The van der Waals surface area contributed by atoms with E-state index >= 15 is 0 Å². The summed E-state index contributed by atoms with van der Waals surface area (Å²) in [5.74, 6) is 0.0486. The molecule has 1 N–H and O–H groups in total. The normalized spacial score (nSPS) is 10.8. The molecule has 0 aliphatic rings. The number of unbranched alkanes of at least 4 members (excludes halogenated alkanes) is 6. The average molecular weight is 459 g/mol. The molecule has 0 aliphatic heterocycles. The highest BCUT2D eigenvalue weighted by Crippen LogP contribution is 2.28. The summed E-state index contributed by atoms with van der Waals surface area (Å²) in [5, 5.41) is 4.54. The van der Waals surface area contributed by atoms with Crippen LogP contribution in [0.2, 0.25) is 5.02 Å². The molecule has 7 heteroatoms. The molecule has 0 spiro atoms. The summed E-state index contributed by atoms with van der Waals surface area (Å²) < 4.78 is 10.7. The van der Waals surface area contributed by atoms with Crippen molar-refractivity contribution in [2.24, 2.45) is 5.10 Å². The van der Waals surface area contributed by atoms with Crippen LogP contribution in [0, 0.1) is 0 Å². The number of hydrogen-bond donors (Lipinski definition) is 1. The fourth-order valence-electron chi connectivity index (χ4n) is 3.07. The van der Waals surface area contributed by atoms with Gasteiger partial charge in [-0.25, -0.2) is 10.2 Å². The maximum atomic E-state index is 12.3. The van der Waals surface area contributed by atoms with Crippen molar-refractivity contribution in [2.75, 3.05) is 7.11 Å². The van der Waals surface area contributed by atoms with Crippen molar-refractivity contribution >= 4 is 29.7 Å². The maximum absolute atomic E-state index is 12.3. The number of carbonyl (C=O) groups excluding carboxylic acids is 2.